The Morgan fingerprint density at radius 3 is 2.55 bits per heavy atom. The average Bonchev–Trinajstić information content (AvgIpc) is 2.66. The van der Waals surface area contributed by atoms with E-state index in [-0.39, 0.29) is 25.6 Å². The summed E-state index contributed by atoms with van der Waals surface area (Å²) < 4.78 is 5.05. The fourth-order valence-electron chi connectivity index (χ4n) is 2.76. The molecule has 1 unspecified atom stereocenters. The van der Waals surface area contributed by atoms with Crippen LogP contribution in [-0.2, 0) is 14.3 Å². The lowest BCUT2D eigenvalue weighted by molar-refractivity contribution is -0.394. The molecular formula is C17H20N4O8. The molecule has 1 aliphatic rings. The van der Waals surface area contributed by atoms with Gasteiger partial charge >= 0.3 is 5.97 Å². The maximum Gasteiger partial charge on any atom is 0.308 e. The predicted molar refractivity (Wildman–Crippen MR) is 98.0 cm³/mol. The molecule has 29 heavy (non-hydrogen) atoms. The molecule has 1 aliphatic heterocycles. The topological polar surface area (TPSA) is 162 Å². The van der Waals surface area contributed by atoms with E-state index in [1.807, 2.05) is 13.8 Å². The second-order valence-corrected chi connectivity index (χ2v) is 6.80. The van der Waals surface area contributed by atoms with Crippen molar-refractivity contribution in [3.63, 3.8) is 0 Å². The standard InChI is InChI=1S/C17H20N4O8/c1-10(2)9-29-15(22)8-14-16(23)18-5-6-19(14)17(24)12-4-3-11(20(25)26)7-13(12)21(27)28/h3-4,7,10,14H,5-6,8-9H2,1-2H3,(H,18,23). The molecule has 12 heteroatoms. The zero-order chi connectivity index (χ0) is 21.7. The molecule has 12 nitrogen and oxygen atoms in total. The van der Waals surface area contributed by atoms with Gasteiger partial charge in [-0.15, -0.1) is 0 Å². The van der Waals surface area contributed by atoms with E-state index >= 15 is 0 Å². The Labute approximate surface area is 165 Å². The van der Waals surface area contributed by atoms with Crippen molar-refractivity contribution < 1.29 is 29.0 Å². The van der Waals surface area contributed by atoms with Gasteiger partial charge in [-0.2, -0.15) is 0 Å². The van der Waals surface area contributed by atoms with Gasteiger partial charge in [0.25, 0.3) is 17.3 Å². The number of benzene rings is 1. The number of nitro benzene ring substituents is 2. The molecule has 1 N–H and O–H groups in total. The van der Waals surface area contributed by atoms with Crippen LogP contribution in [0.1, 0.15) is 30.6 Å². The van der Waals surface area contributed by atoms with E-state index in [1.165, 1.54) is 0 Å². The highest BCUT2D eigenvalue weighted by Gasteiger charge is 2.38. The smallest absolute Gasteiger partial charge is 0.308 e. The Balaban J connectivity index is 2.31. The number of amides is 2. The number of esters is 1. The molecule has 0 bridgehead atoms. The minimum atomic E-state index is -1.20. The maximum absolute atomic E-state index is 12.9. The summed E-state index contributed by atoms with van der Waals surface area (Å²) in [5.74, 6) is -2.06. The van der Waals surface area contributed by atoms with Gasteiger partial charge in [0.15, 0.2) is 0 Å². The summed E-state index contributed by atoms with van der Waals surface area (Å²) in [4.78, 5) is 58.7. The van der Waals surface area contributed by atoms with Crippen molar-refractivity contribution in [1.82, 2.24) is 10.2 Å². The largest absolute Gasteiger partial charge is 0.465 e. The molecule has 2 rings (SSSR count). The Morgan fingerprint density at radius 2 is 1.97 bits per heavy atom. The highest BCUT2D eigenvalue weighted by molar-refractivity contribution is 6.02. The number of rotatable bonds is 7. The van der Waals surface area contributed by atoms with Crippen molar-refractivity contribution in [3.8, 4) is 0 Å². The zero-order valence-corrected chi connectivity index (χ0v) is 15.8. The van der Waals surface area contributed by atoms with Gasteiger partial charge in [0.05, 0.1) is 28.9 Å². The summed E-state index contributed by atoms with van der Waals surface area (Å²) in [6.45, 7) is 3.94. The lowest BCUT2D eigenvalue weighted by Gasteiger charge is -2.34. The molecule has 156 valence electrons. The summed E-state index contributed by atoms with van der Waals surface area (Å²) >= 11 is 0. The van der Waals surface area contributed by atoms with E-state index in [0.29, 0.717) is 6.07 Å². The van der Waals surface area contributed by atoms with E-state index in [0.717, 1.165) is 17.0 Å². The molecule has 0 spiro atoms. The van der Waals surface area contributed by atoms with Crippen molar-refractivity contribution in [1.29, 1.82) is 0 Å². The van der Waals surface area contributed by atoms with Gasteiger partial charge in [0.1, 0.15) is 11.6 Å². The SMILES string of the molecule is CC(C)COC(=O)CC1C(=O)NCCN1C(=O)c1ccc([N+](=O)[O-])cc1[N+](=O)[O-]. The van der Waals surface area contributed by atoms with Crippen LogP contribution in [-0.4, -0.2) is 58.3 Å². The second-order valence-electron chi connectivity index (χ2n) is 6.80. The predicted octanol–water partition coefficient (Wildman–Crippen LogP) is 1.03. The normalized spacial score (nSPS) is 16.3. The van der Waals surface area contributed by atoms with Crippen LogP contribution in [0.2, 0.25) is 0 Å². The number of hydrogen-bond acceptors (Lipinski definition) is 8. The average molecular weight is 408 g/mol. The van der Waals surface area contributed by atoms with E-state index in [2.05, 4.69) is 5.32 Å². The number of hydrogen-bond donors (Lipinski definition) is 1. The van der Waals surface area contributed by atoms with Crippen LogP contribution in [0.25, 0.3) is 0 Å². The van der Waals surface area contributed by atoms with Crippen LogP contribution in [0.15, 0.2) is 18.2 Å². The first-order chi connectivity index (χ1) is 13.6. The zero-order valence-electron chi connectivity index (χ0n) is 15.8. The van der Waals surface area contributed by atoms with Gasteiger partial charge in [-0.25, -0.2) is 0 Å². The van der Waals surface area contributed by atoms with Gasteiger partial charge in [-0.1, -0.05) is 13.8 Å². The van der Waals surface area contributed by atoms with Crippen molar-refractivity contribution in [2.24, 2.45) is 5.92 Å². The number of nitro groups is 2. The Kier molecular flexibility index (Phi) is 6.80. The highest BCUT2D eigenvalue weighted by atomic mass is 16.6. The number of carbonyl (C=O) groups is 3. The summed E-state index contributed by atoms with van der Waals surface area (Å²) in [7, 11) is 0. The Morgan fingerprint density at radius 1 is 1.28 bits per heavy atom. The first kappa shape index (κ1) is 21.7. The molecule has 0 aliphatic carbocycles. The fraction of sp³-hybridized carbons (Fsp3) is 0.471. The van der Waals surface area contributed by atoms with Gasteiger partial charge < -0.3 is 15.0 Å². The van der Waals surface area contributed by atoms with Gasteiger partial charge in [-0.05, 0) is 12.0 Å². The van der Waals surface area contributed by atoms with E-state index in [1.54, 1.807) is 0 Å². The van der Waals surface area contributed by atoms with Crippen molar-refractivity contribution in [3.05, 3.63) is 44.0 Å². The van der Waals surface area contributed by atoms with Crippen LogP contribution in [0.4, 0.5) is 11.4 Å². The van der Waals surface area contributed by atoms with E-state index in [9.17, 15) is 34.6 Å². The van der Waals surface area contributed by atoms with Crippen molar-refractivity contribution in [2.75, 3.05) is 19.7 Å². The van der Waals surface area contributed by atoms with Crippen LogP contribution >= 0.6 is 0 Å². The minimum Gasteiger partial charge on any atom is -0.465 e. The van der Waals surface area contributed by atoms with Gasteiger partial charge in [-0.3, -0.25) is 34.6 Å². The quantitative estimate of drug-likeness (QED) is 0.397. The monoisotopic (exact) mass is 408 g/mol. The molecule has 1 saturated heterocycles. The molecule has 1 heterocycles. The Hall–Kier alpha value is -3.57. The number of carbonyl (C=O) groups excluding carboxylic acids is 3. The minimum absolute atomic E-state index is 0.0147. The molecule has 1 atom stereocenters. The Bertz CT molecular complexity index is 854. The van der Waals surface area contributed by atoms with Crippen LogP contribution in [0.3, 0.4) is 0 Å². The number of piperazine rings is 1. The molecule has 2 amide bonds. The fourth-order valence-corrected chi connectivity index (χ4v) is 2.76. The lowest BCUT2D eigenvalue weighted by Crippen LogP contribution is -2.58. The highest BCUT2D eigenvalue weighted by Crippen LogP contribution is 2.27. The van der Waals surface area contributed by atoms with Crippen LogP contribution < -0.4 is 5.32 Å². The summed E-state index contributed by atoms with van der Waals surface area (Å²) in [5, 5.41) is 24.7. The lowest BCUT2D eigenvalue weighted by atomic mass is 10.0. The van der Waals surface area contributed by atoms with E-state index in [4.69, 9.17) is 4.74 Å². The van der Waals surface area contributed by atoms with Gasteiger partial charge in [0.2, 0.25) is 5.91 Å². The number of nitrogens with zero attached hydrogens (tertiary/aromatic N) is 3. The number of ether oxygens (including phenoxy) is 1. The first-order valence-electron chi connectivity index (χ1n) is 8.79. The number of non-ortho nitro benzene ring substituents is 1. The number of nitrogens with one attached hydrogen (secondary N) is 1. The molecule has 1 fully saturated rings. The molecule has 1 aromatic rings. The van der Waals surface area contributed by atoms with E-state index < -0.39 is 57.0 Å². The third kappa shape index (κ3) is 5.24. The molecule has 0 aromatic heterocycles. The third-order valence-electron chi connectivity index (χ3n) is 4.15. The first-order valence-corrected chi connectivity index (χ1v) is 8.79. The molecular weight excluding hydrogens is 388 g/mol. The molecule has 1 aromatic carbocycles. The van der Waals surface area contributed by atoms with Crippen LogP contribution in [0.5, 0.6) is 0 Å². The summed E-state index contributed by atoms with van der Waals surface area (Å²) in [5.41, 5.74) is -1.70. The second kappa shape index (κ2) is 9.08. The van der Waals surface area contributed by atoms with Gasteiger partial charge in [0, 0.05) is 19.2 Å². The van der Waals surface area contributed by atoms with Crippen LogP contribution in [0, 0.1) is 26.1 Å². The molecule has 0 saturated carbocycles. The van der Waals surface area contributed by atoms with Crippen molar-refractivity contribution in [2.45, 2.75) is 26.3 Å². The summed E-state index contributed by atoms with van der Waals surface area (Å²) in [6, 6.07) is 1.42. The third-order valence-corrected chi connectivity index (χ3v) is 4.15. The van der Waals surface area contributed by atoms with Crippen molar-refractivity contribution >= 4 is 29.2 Å². The summed E-state index contributed by atoms with van der Waals surface area (Å²) in [6.07, 6.45) is -0.412. The maximum atomic E-state index is 12.9. The molecule has 0 radical (unpaired) electrons.